The summed E-state index contributed by atoms with van der Waals surface area (Å²) in [7, 11) is 0. The minimum Gasteiger partial charge on any atom is -0.397 e. The van der Waals surface area contributed by atoms with E-state index in [0.717, 1.165) is 26.9 Å². The molecule has 18 heavy (non-hydrogen) atoms. The summed E-state index contributed by atoms with van der Waals surface area (Å²) in [6.45, 7) is 2.06. The maximum absolute atomic E-state index is 6.06. The van der Waals surface area contributed by atoms with E-state index in [1.807, 2.05) is 24.3 Å². The fourth-order valence-electron chi connectivity index (χ4n) is 1.99. The Morgan fingerprint density at radius 3 is 2.89 bits per heavy atom. The van der Waals surface area contributed by atoms with Crippen molar-refractivity contribution in [2.75, 3.05) is 5.73 Å². The lowest BCUT2D eigenvalue weighted by molar-refractivity contribution is 1.33. The highest BCUT2D eigenvalue weighted by molar-refractivity contribution is 9.10. The molecule has 0 saturated carbocycles. The lowest BCUT2D eigenvalue weighted by atomic mass is 10.2. The zero-order valence-corrected chi connectivity index (χ0v) is 11.5. The zero-order chi connectivity index (χ0) is 12.7. The molecule has 0 fully saturated rings. The van der Waals surface area contributed by atoms with Crippen LogP contribution in [0.5, 0.6) is 0 Å². The van der Waals surface area contributed by atoms with E-state index in [1.165, 1.54) is 5.56 Å². The number of hydrogen-bond donors (Lipinski definition) is 2. The Morgan fingerprint density at radius 2 is 2.06 bits per heavy atom. The first-order valence-corrected chi connectivity index (χ1v) is 6.45. The summed E-state index contributed by atoms with van der Waals surface area (Å²) >= 11 is 3.43. The van der Waals surface area contributed by atoms with Crippen LogP contribution in [-0.4, -0.2) is 9.97 Å². The van der Waals surface area contributed by atoms with Gasteiger partial charge in [-0.05, 0) is 52.7 Å². The number of imidazole rings is 1. The number of nitrogens with zero attached hydrogens (tertiary/aromatic N) is 1. The van der Waals surface area contributed by atoms with Gasteiger partial charge in [0.15, 0.2) is 0 Å². The van der Waals surface area contributed by atoms with Crippen LogP contribution in [0.1, 0.15) is 5.56 Å². The number of hydrogen-bond acceptors (Lipinski definition) is 2. The Morgan fingerprint density at radius 1 is 1.22 bits per heavy atom. The van der Waals surface area contributed by atoms with Crippen LogP contribution in [0.15, 0.2) is 40.9 Å². The minimum atomic E-state index is 0.702. The molecule has 0 amide bonds. The molecule has 0 radical (unpaired) electrons. The van der Waals surface area contributed by atoms with Gasteiger partial charge in [-0.2, -0.15) is 0 Å². The van der Waals surface area contributed by atoms with Crippen LogP contribution in [0.4, 0.5) is 5.69 Å². The molecule has 0 spiro atoms. The van der Waals surface area contributed by atoms with Crippen LogP contribution in [0, 0.1) is 6.92 Å². The average Bonchev–Trinajstić information content (AvgIpc) is 2.75. The second-order valence-electron chi connectivity index (χ2n) is 4.31. The molecule has 4 heteroatoms. The number of nitrogens with one attached hydrogen (secondary N) is 1. The summed E-state index contributed by atoms with van der Waals surface area (Å²) in [6.07, 6.45) is 0. The molecule has 3 N–H and O–H groups in total. The van der Waals surface area contributed by atoms with Crippen LogP contribution in [0.3, 0.4) is 0 Å². The lowest BCUT2D eigenvalue weighted by Gasteiger charge is -2.03. The van der Waals surface area contributed by atoms with Gasteiger partial charge in [-0.15, -0.1) is 0 Å². The molecule has 3 rings (SSSR count). The van der Waals surface area contributed by atoms with E-state index in [-0.39, 0.29) is 0 Å². The van der Waals surface area contributed by atoms with Crippen molar-refractivity contribution in [2.24, 2.45) is 0 Å². The highest BCUT2D eigenvalue weighted by atomic mass is 79.9. The summed E-state index contributed by atoms with van der Waals surface area (Å²) in [5.41, 5.74) is 10.9. The first kappa shape index (κ1) is 11.3. The summed E-state index contributed by atoms with van der Waals surface area (Å²) in [5, 5.41) is 0. The van der Waals surface area contributed by atoms with Crippen molar-refractivity contribution in [3.8, 4) is 11.4 Å². The summed E-state index contributed by atoms with van der Waals surface area (Å²) < 4.78 is 0.886. The van der Waals surface area contributed by atoms with Crippen molar-refractivity contribution >= 4 is 32.7 Å². The number of para-hydroxylation sites is 1. The fourth-order valence-corrected chi connectivity index (χ4v) is 2.36. The van der Waals surface area contributed by atoms with Gasteiger partial charge >= 0.3 is 0 Å². The van der Waals surface area contributed by atoms with Gasteiger partial charge in [0.05, 0.1) is 16.7 Å². The lowest BCUT2D eigenvalue weighted by Crippen LogP contribution is -1.92. The number of fused-ring (bicyclic) bond motifs is 1. The minimum absolute atomic E-state index is 0.702. The number of aromatic nitrogens is 2. The molecule has 0 unspecified atom stereocenters. The van der Waals surface area contributed by atoms with Crippen molar-refractivity contribution in [3.63, 3.8) is 0 Å². The van der Waals surface area contributed by atoms with E-state index in [0.29, 0.717) is 5.69 Å². The van der Waals surface area contributed by atoms with Gasteiger partial charge in [0, 0.05) is 10.0 Å². The summed E-state index contributed by atoms with van der Waals surface area (Å²) in [4.78, 5) is 7.88. The molecule has 0 saturated heterocycles. The number of nitrogen functional groups attached to an aromatic ring is 1. The molecule has 0 aliphatic rings. The van der Waals surface area contributed by atoms with Gasteiger partial charge < -0.3 is 10.7 Å². The molecule has 0 bridgehead atoms. The number of aryl methyl sites for hydroxylation is 1. The molecule has 1 aromatic heterocycles. The highest BCUT2D eigenvalue weighted by Crippen LogP contribution is 2.31. The fraction of sp³-hybridized carbons (Fsp3) is 0.0714. The maximum atomic E-state index is 6.06. The Bertz CT molecular complexity index is 731. The van der Waals surface area contributed by atoms with Gasteiger partial charge in [0.2, 0.25) is 0 Å². The van der Waals surface area contributed by atoms with E-state index < -0.39 is 0 Å². The van der Waals surface area contributed by atoms with E-state index in [4.69, 9.17) is 5.73 Å². The van der Waals surface area contributed by atoms with Gasteiger partial charge in [-0.1, -0.05) is 12.1 Å². The van der Waals surface area contributed by atoms with Crippen LogP contribution >= 0.6 is 15.9 Å². The number of aromatic amines is 1. The number of H-pyrrole nitrogens is 1. The number of anilines is 1. The summed E-state index contributed by atoms with van der Waals surface area (Å²) in [5.74, 6) is 0.800. The number of rotatable bonds is 1. The first-order chi connectivity index (χ1) is 8.65. The van der Waals surface area contributed by atoms with Crippen molar-refractivity contribution < 1.29 is 0 Å². The number of benzene rings is 2. The third kappa shape index (κ3) is 1.78. The molecule has 90 valence electrons. The van der Waals surface area contributed by atoms with E-state index in [1.54, 1.807) is 0 Å². The van der Waals surface area contributed by atoms with Crippen molar-refractivity contribution in [2.45, 2.75) is 6.92 Å². The van der Waals surface area contributed by atoms with Crippen LogP contribution in [0.25, 0.3) is 22.4 Å². The van der Waals surface area contributed by atoms with Gasteiger partial charge in [0.25, 0.3) is 0 Å². The Balaban J connectivity index is 2.22. The molecule has 3 nitrogen and oxygen atoms in total. The molecule has 1 heterocycles. The molecule has 0 atom stereocenters. The average molecular weight is 302 g/mol. The van der Waals surface area contributed by atoms with E-state index in [9.17, 15) is 0 Å². The van der Waals surface area contributed by atoms with Crippen LogP contribution in [-0.2, 0) is 0 Å². The van der Waals surface area contributed by atoms with Gasteiger partial charge in [-0.3, -0.25) is 0 Å². The summed E-state index contributed by atoms with van der Waals surface area (Å²) in [6, 6.07) is 12.0. The van der Waals surface area contributed by atoms with Crippen molar-refractivity contribution in [3.05, 3.63) is 46.4 Å². The standard InChI is InChI=1S/C14H12BrN3/c1-8-5-6-11-12(7-8)18-14(17-11)9-3-2-4-10(15)13(9)16/h2-7H,16H2,1H3,(H,17,18). The smallest absolute Gasteiger partial charge is 0.140 e. The molecular weight excluding hydrogens is 290 g/mol. The third-order valence-corrected chi connectivity index (χ3v) is 3.64. The second kappa shape index (κ2) is 4.14. The van der Waals surface area contributed by atoms with E-state index >= 15 is 0 Å². The maximum Gasteiger partial charge on any atom is 0.140 e. The topological polar surface area (TPSA) is 54.7 Å². The molecular formula is C14H12BrN3. The SMILES string of the molecule is Cc1ccc2nc(-c3cccc(Br)c3N)[nH]c2c1. The molecule has 0 aliphatic heterocycles. The Labute approximate surface area is 113 Å². The Hall–Kier alpha value is -1.81. The zero-order valence-electron chi connectivity index (χ0n) is 9.87. The normalized spacial score (nSPS) is 11.0. The van der Waals surface area contributed by atoms with Crippen LogP contribution < -0.4 is 5.73 Å². The predicted octanol–water partition coefficient (Wildman–Crippen LogP) is 3.88. The molecule has 2 aromatic carbocycles. The van der Waals surface area contributed by atoms with Crippen molar-refractivity contribution in [1.29, 1.82) is 0 Å². The van der Waals surface area contributed by atoms with E-state index in [2.05, 4.69) is 45.0 Å². The van der Waals surface area contributed by atoms with Gasteiger partial charge in [-0.25, -0.2) is 4.98 Å². The monoisotopic (exact) mass is 301 g/mol. The molecule has 0 aliphatic carbocycles. The Kier molecular flexibility index (Phi) is 2.59. The quantitative estimate of drug-likeness (QED) is 0.670. The van der Waals surface area contributed by atoms with Crippen LogP contribution in [0.2, 0.25) is 0 Å². The number of halogens is 1. The molecule has 3 aromatic rings. The van der Waals surface area contributed by atoms with Crippen molar-refractivity contribution in [1.82, 2.24) is 9.97 Å². The number of nitrogens with two attached hydrogens (primary N) is 1. The third-order valence-electron chi connectivity index (χ3n) is 2.95. The highest BCUT2D eigenvalue weighted by Gasteiger charge is 2.09. The second-order valence-corrected chi connectivity index (χ2v) is 5.16. The van der Waals surface area contributed by atoms with Gasteiger partial charge in [0.1, 0.15) is 5.82 Å². The largest absolute Gasteiger partial charge is 0.397 e. The predicted molar refractivity (Wildman–Crippen MR) is 78.4 cm³/mol. The first-order valence-electron chi connectivity index (χ1n) is 5.66.